The summed E-state index contributed by atoms with van der Waals surface area (Å²) in [5, 5.41) is 9.65. The number of rotatable bonds is 2. The number of aliphatic hydroxyl groups excluding tert-OH is 1. The maximum Gasteiger partial charge on any atom is 0.0540 e. The second-order valence-corrected chi connectivity index (χ2v) is 7.06. The van der Waals surface area contributed by atoms with E-state index in [0.29, 0.717) is 0 Å². The summed E-state index contributed by atoms with van der Waals surface area (Å²) in [6.07, 6.45) is 9.01. The second kappa shape index (κ2) is 5.73. The van der Waals surface area contributed by atoms with Crippen molar-refractivity contribution in [1.29, 1.82) is 0 Å². The Hall–Kier alpha value is -0.0400. The molecule has 0 aromatic heterocycles. The molecule has 2 aliphatic carbocycles. The van der Waals surface area contributed by atoms with Crippen molar-refractivity contribution in [1.82, 2.24) is 0 Å². The molecule has 1 nitrogen and oxygen atoms in total. The molecule has 0 aromatic carbocycles. The Morgan fingerprint density at radius 2 is 1.59 bits per heavy atom. The quantitative estimate of drug-likeness (QED) is 0.762. The van der Waals surface area contributed by atoms with E-state index in [1.165, 1.54) is 32.1 Å². The molecule has 2 saturated carbocycles. The van der Waals surface area contributed by atoms with E-state index in [4.69, 9.17) is 0 Å². The summed E-state index contributed by atoms with van der Waals surface area (Å²) in [4.78, 5) is 0. The van der Waals surface area contributed by atoms with Gasteiger partial charge in [-0.2, -0.15) is 0 Å². The Morgan fingerprint density at radius 1 is 0.941 bits per heavy atom. The van der Waals surface area contributed by atoms with Crippen LogP contribution >= 0.6 is 0 Å². The van der Waals surface area contributed by atoms with E-state index in [1.807, 2.05) is 0 Å². The minimum atomic E-state index is 0.00441. The van der Waals surface area contributed by atoms with Gasteiger partial charge in [-0.25, -0.2) is 0 Å². The fourth-order valence-electron chi connectivity index (χ4n) is 4.35. The lowest BCUT2D eigenvalue weighted by molar-refractivity contribution is 0.0374. The van der Waals surface area contributed by atoms with Gasteiger partial charge in [-0.3, -0.25) is 0 Å². The van der Waals surface area contributed by atoms with Gasteiger partial charge in [0.25, 0.3) is 0 Å². The van der Waals surface area contributed by atoms with Crippen LogP contribution < -0.4 is 0 Å². The predicted octanol–water partition coefficient (Wildman–Crippen LogP) is 4.25. The zero-order chi connectivity index (χ0) is 12.4. The molecule has 3 unspecified atom stereocenters. The minimum Gasteiger partial charge on any atom is -0.393 e. The molecule has 1 N–H and O–H groups in total. The first-order valence-corrected chi connectivity index (χ1v) is 7.76. The van der Waals surface area contributed by atoms with Crippen LogP contribution in [0.4, 0.5) is 0 Å². The molecule has 2 rings (SSSR count). The van der Waals surface area contributed by atoms with Crippen LogP contribution in [0.3, 0.4) is 0 Å². The molecule has 0 heterocycles. The Labute approximate surface area is 107 Å². The van der Waals surface area contributed by atoms with Crippen molar-refractivity contribution in [2.24, 2.45) is 29.6 Å². The number of aliphatic hydroxyl groups is 1. The third kappa shape index (κ3) is 3.24. The van der Waals surface area contributed by atoms with Gasteiger partial charge in [0.1, 0.15) is 0 Å². The molecule has 2 fully saturated rings. The van der Waals surface area contributed by atoms with Crippen molar-refractivity contribution in [2.75, 3.05) is 0 Å². The third-order valence-corrected chi connectivity index (χ3v) is 5.42. The zero-order valence-corrected chi connectivity index (χ0v) is 11.9. The Kier molecular flexibility index (Phi) is 4.52. The van der Waals surface area contributed by atoms with Crippen LogP contribution in [0.2, 0.25) is 0 Å². The van der Waals surface area contributed by atoms with Gasteiger partial charge >= 0.3 is 0 Å². The summed E-state index contributed by atoms with van der Waals surface area (Å²) in [5.74, 6) is 4.59. The van der Waals surface area contributed by atoms with Gasteiger partial charge in [-0.1, -0.05) is 27.2 Å². The van der Waals surface area contributed by atoms with Crippen LogP contribution in [0, 0.1) is 29.6 Å². The van der Waals surface area contributed by atoms with Crippen LogP contribution in [0.15, 0.2) is 0 Å². The average Bonchev–Trinajstić information content (AvgIpc) is 2.29. The van der Waals surface area contributed by atoms with E-state index >= 15 is 0 Å². The van der Waals surface area contributed by atoms with Crippen LogP contribution in [0.5, 0.6) is 0 Å². The summed E-state index contributed by atoms with van der Waals surface area (Å²) in [5.41, 5.74) is 0. The summed E-state index contributed by atoms with van der Waals surface area (Å²) < 4.78 is 0. The first-order chi connectivity index (χ1) is 8.08. The standard InChI is InChI=1S/C16H30O/c1-11(2)15-9-4-12(3)10-16(15)13-5-7-14(17)8-6-13/h11-17H,4-10H2,1-3H3. The van der Waals surface area contributed by atoms with Crippen molar-refractivity contribution in [3.05, 3.63) is 0 Å². The number of hydrogen-bond donors (Lipinski definition) is 1. The molecule has 0 spiro atoms. The van der Waals surface area contributed by atoms with Gasteiger partial charge in [0.2, 0.25) is 0 Å². The number of hydrogen-bond acceptors (Lipinski definition) is 1. The SMILES string of the molecule is CC1CCC(C(C)C)C(C2CCC(O)CC2)C1. The van der Waals surface area contributed by atoms with Crippen LogP contribution in [-0.4, -0.2) is 11.2 Å². The van der Waals surface area contributed by atoms with Crippen molar-refractivity contribution < 1.29 is 5.11 Å². The molecule has 0 aromatic rings. The van der Waals surface area contributed by atoms with Gasteiger partial charge in [0, 0.05) is 0 Å². The molecule has 100 valence electrons. The van der Waals surface area contributed by atoms with Crippen molar-refractivity contribution in [3.63, 3.8) is 0 Å². The topological polar surface area (TPSA) is 20.2 Å². The highest BCUT2D eigenvalue weighted by molar-refractivity contribution is 4.87. The highest BCUT2D eigenvalue weighted by Crippen LogP contribution is 2.45. The first-order valence-electron chi connectivity index (χ1n) is 7.76. The van der Waals surface area contributed by atoms with Crippen molar-refractivity contribution in [2.45, 2.75) is 71.8 Å². The van der Waals surface area contributed by atoms with E-state index in [0.717, 1.165) is 42.4 Å². The molecule has 17 heavy (non-hydrogen) atoms. The molecular formula is C16H30O. The molecule has 0 amide bonds. The van der Waals surface area contributed by atoms with Gasteiger partial charge < -0.3 is 5.11 Å². The molecule has 3 atom stereocenters. The van der Waals surface area contributed by atoms with Crippen LogP contribution in [0.1, 0.15) is 65.7 Å². The lowest BCUT2D eigenvalue weighted by Gasteiger charge is -2.43. The normalized spacial score (nSPS) is 43.9. The fourth-order valence-corrected chi connectivity index (χ4v) is 4.35. The fraction of sp³-hybridized carbons (Fsp3) is 1.00. The smallest absolute Gasteiger partial charge is 0.0540 e. The summed E-state index contributed by atoms with van der Waals surface area (Å²) in [6.45, 7) is 7.25. The van der Waals surface area contributed by atoms with Crippen LogP contribution in [0.25, 0.3) is 0 Å². The van der Waals surface area contributed by atoms with Crippen molar-refractivity contribution in [3.8, 4) is 0 Å². The van der Waals surface area contributed by atoms with E-state index in [-0.39, 0.29) is 6.10 Å². The minimum absolute atomic E-state index is 0.00441. The Bertz CT molecular complexity index is 228. The molecule has 0 aliphatic heterocycles. The first kappa shape index (κ1) is 13.4. The van der Waals surface area contributed by atoms with E-state index in [2.05, 4.69) is 20.8 Å². The molecule has 0 bridgehead atoms. The highest BCUT2D eigenvalue weighted by Gasteiger charge is 2.36. The monoisotopic (exact) mass is 238 g/mol. The van der Waals surface area contributed by atoms with Gasteiger partial charge in [0.15, 0.2) is 0 Å². The Balaban J connectivity index is 1.99. The zero-order valence-electron chi connectivity index (χ0n) is 11.9. The molecule has 0 radical (unpaired) electrons. The predicted molar refractivity (Wildman–Crippen MR) is 72.8 cm³/mol. The molecule has 1 heteroatoms. The Morgan fingerprint density at radius 3 is 2.18 bits per heavy atom. The van der Waals surface area contributed by atoms with E-state index in [9.17, 15) is 5.11 Å². The maximum atomic E-state index is 9.65. The highest BCUT2D eigenvalue weighted by atomic mass is 16.3. The molecular weight excluding hydrogens is 208 g/mol. The molecule has 0 saturated heterocycles. The van der Waals surface area contributed by atoms with Crippen molar-refractivity contribution >= 4 is 0 Å². The van der Waals surface area contributed by atoms with Gasteiger partial charge in [0.05, 0.1) is 6.10 Å². The largest absolute Gasteiger partial charge is 0.393 e. The third-order valence-electron chi connectivity index (χ3n) is 5.42. The average molecular weight is 238 g/mol. The molecule has 2 aliphatic rings. The van der Waals surface area contributed by atoms with Gasteiger partial charge in [-0.15, -0.1) is 0 Å². The van der Waals surface area contributed by atoms with Gasteiger partial charge in [-0.05, 0) is 68.1 Å². The second-order valence-electron chi connectivity index (χ2n) is 7.06. The van der Waals surface area contributed by atoms with Crippen LogP contribution in [-0.2, 0) is 0 Å². The summed E-state index contributed by atoms with van der Waals surface area (Å²) >= 11 is 0. The van der Waals surface area contributed by atoms with E-state index < -0.39 is 0 Å². The van der Waals surface area contributed by atoms with E-state index in [1.54, 1.807) is 0 Å². The maximum absolute atomic E-state index is 9.65. The lowest BCUT2D eigenvalue weighted by atomic mass is 9.62. The summed E-state index contributed by atoms with van der Waals surface area (Å²) in [6, 6.07) is 0. The summed E-state index contributed by atoms with van der Waals surface area (Å²) in [7, 11) is 0. The lowest BCUT2D eigenvalue weighted by Crippen LogP contribution is -2.35.